The van der Waals surface area contributed by atoms with E-state index in [1.54, 1.807) is 0 Å². The van der Waals surface area contributed by atoms with Crippen molar-refractivity contribution in [2.45, 2.75) is 38.5 Å². The summed E-state index contributed by atoms with van der Waals surface area (Å²) in [5.74, 6) is 0.241. The smallest absolute Gasteiger partial charge is 0.123 e. The minimum Gasteiger partial charge on any atom is -0.303 e. The highest BCUT2D eigenvalue weighted by Crippen LogP contribution is 2.25. The van der Waals surface area contributed by atoms with Crippen LogP contribution < -0.4 is 0 Å². The van der Waals surface area contributed by atoms with Crippen LogP contribution in [-0.2, 0) is 4.79 Å². The first-order valence-electron chi connectivity index (χ1n) is 6.61. The molecule has 0 aliphatic rings. The fraction of sp³-hybridized carbons (Fsp3) is 0.438. The van der Waals surface area contributed by atoms with Crippen LogP contribution >= 0.6 is 0 Å². The van der Waals surface area contributed by atoms with Crippen molar-refractivity contribution in [2.24, 2.45) is 5.92 Å². The monoisotopic (exact) mass is 260 g/mol. The van der Waals surface area contributed by atoms with Crippen molar-refractivity contribution in [3.8, 4) is 0 Å². The van der Waals surface area contributed by atoms with Crippen LogP contribution in [-0.4, -0.2) is 14.4 Å². The van der Waals surface area contributed by atoms with Crippen LogP contribution in [0.3, 0.4) is 0 Å². The molecule has 1 aromatic rings. The maximum absolute atomic E-state index is 11.1. The second-order valence-electron chi connectivity index (χ2n) is 6.12. The zero-order valence-corrected chi connectivity index (χ0v) is 12.9. The highest BCUT2D eigenvalue weighted by atomic mass is 28.3. The Kier molecular flexibility index (Phi) is 5.54. The Hall–Kier alpha value is -1.15. The van der Waals surface area contributed by atoms with Crippen molar-refractivity contribution >= 4 is 14.4 Å². The van der Waals surface area contributed by atoms with Gasteiger partial charge in [0.1, 0.15) is 6.29 Å². The van der Waals surface area contributed by atoms with Gasteiger partial charge < -0.3 is 4.79 Å². The van der Waals surface area contributed by atoms with Crippen molar-refractivity contribution in [3.05, 3.63) is 48.0 Å². The minimum atomic E-state index is -1.05. The number of aldehydes is 1. The molecule has 0 bridgehead atoms. The van der Waals surface area contributed by atoms with Crippen molar-refractivity contribution in [3.63, 3.8) is 0 Å². The Morgan fingerprint density at radius 1 is 1.17 bits per heavy atom. The lowest BCUT2D eigenvalue weighted by Gasteiger charge is -2.18. The second-order valence-corrected chi connectivity index (χ2v) is 11.7. The summed E-state index contributed by atoms with van der Waals surface area (Å²) in [6.07, 6.45) is 5.53. The van der Waals surface area contributed by atoms with E-state index < -0.39 is 8.07 Å². The van der Waals surface area contributed by atoms with Gasteiger partial charge >= 0.3 is 0 Å². The zero-order chi connectivity index (χ0) is 13.6. The van der Waals surface area contributed by atoms with Crippen molar-refractivity contribution in [2.75, 3.05) is 0 Å². The van der Waals surface area contributed by atoms with Crippen molar-refractivity contribution < 1.29 is 4.79 Å². The molecule has 18 heavy (non-hydrogen) atoms. The standard InChI is InChI=1S/C16H24OSi/c1-14(13-17)16(11-8-12-18(2,3)4)15-9-6-5-7-10-15/h5-11,13-14,16H,12H2,1-4H3/b11-8+/t14-,16-/m0/s1. The van der Waals surface area contributed by atoms with Crippen LogP contribution in [0.2, 0.25) is 25.7 Å². The Labute approximate surface area is 112 Å². The maximum Gasteiger partial charge on any atom is 0.123 e. The number of carbonyl (C=O) groups excluding carboxylic acids is 1. The number of hydrogen-bond donors (Lipinski definition) is 0. The van der Waals surface area contributed by atoms with Gasteiger partial charge in [0.25, 0.3) is 0 Å². The van der Waals surface area contributed by atoms with Crippen LogP contribution in [0.25, 0.3) is 0 Å². The molecular weight excluding hydrogens is 236 g/mol. The molecule has 98 valence electrons. The van der Waals surface area contributed by atoms with E-state index in [1.165, 1.54) is 11.6 Å². The number of rotatable bonds is 6. The third-order valence-corrected chi connectivity index (χ3v) is 4.50. The molecule has 2 atom stereocenters. The summed E-state index contributed by atoms with van der Waals surface area (Å²) in [6, 6.07) is 11.4. The lowest BCUT2D eigenvalue weighted by molar-refractivity contribution is -0.110. The predicted octanol–water partition coefficient (Wildman–Crippen LogP) is 4.50. The lowest BCUT2D eigenvalue weighted by Crippen LogP contribution is -2.17. The number of allylic oxidation sites excluding steroid dienone is 2. The predicted molar refractivity (Wildman–Crippen MR) is 81.7 cm³/mol. The molecule has 0 heterocycles. The molecule has 1 nitrogen and oxygen atoms in total. The Balaban J connectivity index is 2.84. The topological polar surface area (TPSA) is 17.1 Å². The van der Waals surface area contributed by atoms with Gasteiger partial charge in [-0.1, -0.05) is 69.0 Å². The van der Waals surface area contributed by atoms with E-state index in [9.17, 15) is 4.79 Å². The summed E-state index contributed by atoms with van der Waals surface area (Å²) in [5.41, 5.74) is 1.23. The summed E-state index contributed by atoms with van der Waals surface area (Å²) < 4.78 is 0. The number of carbonyl (C=O) groups is 1. The Bertz CT molecular complexity index is 389. The van der Waals surface area contributed by atoms with E-state index in [0.717, 1.165) is 6.29 Å². The molecule has 0 aliphatic heterocycles. The number of hydrogen-bond acceptors (Lipinski definition) is 1. The fourth-order valence-electron chi connectivity index (χ4n) is 1.92. The van der Waals surface area contributed by atoms with E-state index in [4.69, 9.17) is 0 Å². The highest BCUT2D eigenvalue weighted by Gasteiger charge is 2.16. The quantitative estimate of drug-likeness (QED) is 0.418. The molecule has 0 N–H and O–H groups in total. The molecule has 0 aromatic heterocycles. The average Bonchev–Trinajstić information content (AvgIpc) is 2.33. The van der Waals surface area contributed by atoms with Crippen LogP contribution in [0.1, 0.15) is 18.4 Å². The summed E-state index contributed by atoms with van der Waals surface area (Å²) >= 11 is 0. The first-order chi connectivity index (χ1) is 8.44. The molecule has 0 aliphatic carbocycles. The molecule has 2 heteroatoms. The van der Waals surface area contributed by atoms with Gasteiger partial charge in [0.15, 0.2) is 0 Å². The van der Waals surface area contributed by atoms with E-state index >= 15 is 0 Å². The summed E-state index contributed by atoms with van der Waals surface area (Å²) in [7, 11) is -1.05. The van der Waals surface area contributed by atoms with Crippen LogP contribution in [0, 0.1) is 5.92 Å². The summed E-state index contributed by atoms with van der Waals surface area (Å²) in [5, 5.41) is 0. The van der Waals surface area contributed by atoms with E-state index in [0.29, 0.717) is 0 Å². The molecule has 1 rings (SSSR count). The van der Waals surface area contributed by atoms with Gasteiger partial charge in [-0.2, -0.15) is 0 Å². The third kappa shape index (κ3) is 5.01. The average molecular weight is 260 g/mol. The van der Waals surface area contributed by atoms with Gasteiger partial charge in [-0.3, -0.25) is 0 Å². The van der Waals surface area contributed by atoms with Gasteiger partial charge in [-0.15, -0.1) is 0 Å². The van der Waals surface area contributed by atoms with Gasteiger partial charge in [0.2, 0.25) is 0 Å². The van der Waals surface area contributed by atoms with Crippen LogP contribution in [0.5, 0.6) is 0 Å². The van der Waals surface area contributed by atoms with Gasteiger partial charge in [-0.05, 0) is 11.6 Å². The summed E-state index contributed by atoms with van der Waals surface area (Å²) in [4.78, 5) is 11.1. The molecule has 0 fully saturated rings. The zero-order valence-electron chi connectivity index (χ0n) is 11.9. The molecule has 0 unspecified atom stereocenters. The first kappa shape index (κ1) is 14.9. The number of benzene rings is 1. The van der Waals surface area contributed by atoms with E-state index in [1.807, 2.05) is 25.1 Å². The fourth-order valence-corrected chi connectivity index (χ4v) is 2.76. The largest absolute Gasteiger partial charge is 0.303 e. The SMILES string of the molecule is C[C@@H](C=O)[C@H](/C=C/C[Si](C)(C)C)c1ccccc1. The van der Waals surface area contributed by atoms with Gasteiger partial charge in [-0.25, -0.2) is 0 Å². The molecule has 1 aromatic carbocycles. The minimum absolute atomic E-state index is 0.0327. The van der Waals surface area contributed by atoms with Crippen LogP contribution in [0.4, 0.5) is 0 Å². The molecule has 0 radical (unpaired) electrons. The Morgan fingerprint density at radius 3 is 2.28 bits per heavy atom. The van der Waals surface area contributed by atoms with Crippen molar-refractivity contribution in [1.82, 2.24) is 0 Å². The van der Waals surface area contributed by atoms with E-state index in [2.05, 4.69) is 43.9 Å². The molecule has 0 spiro atoms. The molecule has 0 saturated heterocycles. The highest BCUT2D eigenvalue weighted by molar-refractivity contribution is 6.76. The molecule has 0 saturated carbocycles. The van der Waals surface area contributed by atoms with Gasteiger partial charge in [0.05, 0.1) is 0 Å². The third-order valence-electron chi connectivity index (χ3n) is 3.04. The molecular formula is C16H24OSi. The maximum atomic E-state index is 11.1. The Morgan fingerprint density at radius 2 is 1.78 bits per heavy atom. The second kappa shape index (κ2) is 6.69. The van der Waals surface area contributed by atoms with Gasteiger partial charge in [0, 0.05) is 19.9 Å². The first-order valence-corrected chi connectivity index (χ1v) is 10.3. The normalized spacial score (nSPS) is 15.6. The van der Waals surface area contributed by atoms with Crippen LogP contribution in [0.15, 0.2) is 42.5 Å². The van der Waals surface area contributed by atoms with Crippen molar-refractivity contribution in [1.29, 1.82) is 0 Å². The van der Waals surface area contributed by atoms with E-state index in [-0.39, 0.29) is 11.8 Å². The lowest BCUT2D eigenvalue weighted by atomic mass is 9.88. The molecule has 0 amide bonds. The summed E-state index contributed by atoms with van der Waals surface area (Å²) in [6.45, 7) is 9.07.